The van der Waals surface area contributed by atoms with Crippen molar-refractivity contribution in [3.05, 3.63) is 130 Å². The number of anilines is 3. The van der Waals surface area contributed by atoms with Crippen LogP contribution in [0.3, 0.4) is 0 Å². The molecule has 4 aromatic rings. The van der Waals surface area contributed by atoms with E-state index in [1.165, 1.54) is 43.0 Å². The lowest BCUT2D eigenvalue weighted by Crippen LogP contribution is -2.31. The second-order valence-corrected chi connectivity index (χ2v) is 11.6. The van der Waals surface area contributed by atoms with E-state index in [0.29, 0.717) is 22.0 Å². The van der Waals surface area contributed by atoms with Crippen LogP contribution in [0.5, 0.6) is 0 Å². The standard InChI is InChI=1S/C34H27N5O7S/c1-21(40)35-24-11-15-26(16-12-24)38-31(41)20-30(34(38)44)47-27-17-13-25(14-18-27)36-33(43)28(37-32(42)22-7-3-2-4-8-22)19-23-9-5-6-10-29(23)39(45)46/h2-19,30H,20H2,1H3,(H,35,40)(H,36,43)(H,37,42)/b28-19+. The number of nitro groups is 1. The van der Waals surface area contributed by atoms with E-state index in [0.717, 1.165) is 4.90 Å². The summed E-state index contributed by atoms with van der Waals surface area (Å²) in [7, 11) is 0. The molecule has 0 aliphatic carbocycles. The fraction of sp³-hybridized carbons (Fsp3) is 0.0882. The van der Waals surface area contributed by atoms with Gasteiger partial charge in [0.2, 0.25) is 17.7 Å². The number of carbonyl (C=O) groups is 5. The number of para-hydroxylation sites is 1. The van der Waals surface area contributed by atoms with Gasteiger partial charge in [-0.3, -0.25) is 34.1 Å². The van der Waals surface area contributed by atoms with Crippen LogP contribution in [0.4, 0.5) is 22.7 Å². The number of hydrogen-bond donors (Lipinski definition) is 3. The third kappa shape index (κ3) is 7.96. The van der Waals surface area contributed by atoms with E-state index >= 15 is 0 Å². The Morgan fingerprint density at radius 2 is 1.47 bits per heavy atom. The lowest BCUT2D eigenvalue weighted by atomic mass is 10.1. The van der Waals surface area contributed by atoms with Crippen molar-refractivity contribution in [3.8, 4) is 0 Å². The van der Waals surface area contributed by atoms with Crippen LogP contribution < -0.4 is 20.9 Å². The van der Waals surface area contributed by atoms with Gasteiger partial charge in [-0.05, 0) is 72.8 Å². The molecule has 0 bridgehead atoms. The molecular weight excluding hydrogens is 622 g/mol. The molecule has 0 radical (unpaired) electrons. The van der Waals surface area contributed by atoms with Crippen molar-refractivity contribution in [1.82, 2.24) is 5.32 Å². The van der Waals surface area contributed by atoms with Gasteiger partial charge in [-0.2, -0.15) is 0 Å². The Bertz CT molecular complexity index is 1890. The summed E-state index contributed by atoms with van der Waals surface area (Å²) in [6.07, 6.45) is 1.23. The molecule has 1 atom stereocenters. The molecule has 0 spiro atoms. The van der Waals surface area contributed by atoms with Crippen LogP contribution in [0, 0.1) is 10.1 Å². The first-order chi connectivity index (χ1) is 22.6. The summed E-state index contributed by atoms with van der Waals surface area (Å²) in [5.41, 5.74) is 1.25. The van der Waals surface area contributed by atoms with E-state index in [4.69, 9.17) is 0 Å². The summed E-state index contributed by atoms with van der Waals surface area (Å²) < 4.78 is 0. The highest BCUT2D eigenvalue weighted by molar-refractivity contribution is 8.00. The SMILES string of the molecule is CC(=O)Nc1ccc(N2C(=O)CC(Sc3ccc(NC(=O)/C(=C\c4ccccc4[N+](=O)[O-])NC(=O)c4ccccc4)cc3)C2=O)cc1. The third-order valence-electron chi connectivity index (χ3n) is 6.90. The average Bonchev–Trinajstić information content (AvgIpc) is 3.33. The van der Waals surface area contributed by atoms with Crippen molar-refractivity contribution in [2.24, 2.45) is 0 Å². The van der Waals surface area contributed by atoms with Crippen LogP contribution in [-0.2, 0) is 19.2 Å². The second-order valence-electron chi connectivity index (χ2n) is 10.3. The van der Waals surface area contributed by atoms with Crippen molar-refractivity contribution in [2.45, 2.75) is 23.5 Å². The maximum absolute atomic E-state index is 13.4. The molecule has 1 aliphatic heterocycles. The van der Waals surface area contributed by atoms with Crippen LogP contribution in [0.25, 0.3) is 6.08 Å². The predicted octanol–water partition coefficient (Wildman–Crippen LogP) is 5.39. The molecule has 236 valence electrons. The van der Waals surface area contributed by atoms with Crippen LogP contribution in [0.2, 0.25) is 0 Å². The van der Waals surface area contributed by atoms with E-state index in [2.05, 4.69) is 16.0 Å². The van der Waals surface area contributed by atoms with Crippen molar-refractivity contribution in [1.29, 1.82) is 0 Å². The molecule has 4 aromatic carbocycles. The van der Waals surface area contributed by atoms with E-state index in [1.54, 1.807) is 84.9 Å². The molecule has 1 aliphatic rings. The topological polar surface area (TPSA) is 168 Å². The van der Waals surface area contributed by atoms with Crippen molar-refractivity contribution in [3.63, 3.8) is 0 Å². The highest BCUT2D eigenvalue weighted by Gasteiger charge is 2.40. The summed E-state index contributed by atoms with van der Waals surface area (Å²) in [6.45, 7) is 1.38. The Kier molecular flexibility index (Phi) is 9.87. The van der Waals surface area contributed by atoms with Crippen LogP contribution in [0.1, 0.15) is 29.3 Å². The highest BCUT2D eigenvalue weighted by Crippen LogP contribution is 2.35. The Hall–Kier alpha value is -6.08. The van der Waals surface area contributed by atoms with Gasteiger partial charge in [-0.15, -0.1) is 11.8 Å². The van der Waals surface area contributed by atoms with Crippen molar-refractivity contribution in [2.75, 3.05) is 15.5 Å². The molecule has 1 fully saturated rings. The fourth-order valence-electron chi connectivity index (χ4n) is 4.72. The summed E-state index contributed by atoms with van der Waals surface area (Å²) in [4.78, 5) is 76.2. The fourth-order valence-corrected chi connectivity index (χ4v) is 5.77. The maximum Gasteiger partial charge on any atom is 0.276 e. The zero-order chi connectivity index (χ0) is 33.5. The van der Waals surface area contributed by atoms with Crippen LogP contribution in [-0.4, -0.2) is 39.7 Å². The summed E-state index contributed by atoms with van der Waals surface area (Å²) in [5.74, 6) is -2.25. The Balaban J connectivity index is 1.29. The van der Waals surface area contributed by atoms with Crippen molar-refractivity contribution < 1.29 is 28.9 Å². The first-order valence-electron chi connectivity index (χ1n) is 14.2. The number of nitrogens with zero attached hydrogens (tertiary/aromatic N) is 2. The van der Waals surface area contributed by atoms with E-state index in [9.17, 15) is 34.1 Å². The monoisotopic (exact) mass is 649 g/mol. The Labute approximate surface area is 273 Å². The van der Waals surface area contributed by atoms with Gasteiger partial charge >= 0.3 is 0 Å². The molecule has 1 saturated heterocycles. The number of rotatable bonds is 10. The summed E-state index contributed by atoms with van der Waals surface area (Å²) >= 11 is 1.21. The molecule has 5 rings (SSSR count). The molecular formula is C34H27N5O7S. The Morgan fingerprint density at radius 3 is 2.13 bits per heavy atom. The van der Waals surface area contributed by atoms with Gasteiger partial charge < -0.3 is 16.0 Å². The molecule has 1 heterocycles. The van der Waals surface area contributed by atoms with Crippen LogP contribution in [0.15, 0.2) is 114 Å². The zero-order valence-electron chi connectivity index (χ0n) is 24.8. The zero-order valence-corrected chi connectivity index (χ0v) is 25.7. The smallest absolute Gasteiger partial charge is 0.276 e. The number of carbonyl (C=O) groups excluding carboxylic acids is 5. The van der Waals surface area contributed by atoms with Gasteiger partial charge in [0, 0.05) is 41.2 Å². The lowest BCUT2D eigenvalue weighted by molar-refractivity contribution is -0.385. The van der Waals surface area contributed by atoms with Crippen LogP contribution >= 0.6 is 11.8 Å². The lowest BCUT2D eigenvalue weighted by Gasteiger charge is -2.15. The number of amides is 5. The van der Waals surface area contributed by atoms with E-state index in [1.807, 2.05) is 0 Å². The normalized spacial score (nSPS) is 14.4. The number of nitrogens with one attached hydrogen (secondary N) is 3. The van der Waals surface area contributed by atoms with Crippen molar-refractivity contribution >= 4 is 70.1 Å². The largest absolute Gasteiger partial charge is 0.326 e. The molecule has 12 nitrogen and oxygen atoms in total. The van der Waals surface area contributed by atoms with Gasteiger partial charge in [0.15, 0.2) is 0 Å². The first kappa shape index (κ1) is 32.3. The summed E-state index contributed by atoms with van der Waals surface area (Å²) in [5, 5.41) is 18.8. The molecule has 0 aromatic heterocycles. The van der Waals surface area contributed by atoms with Gasteiger partial charge in [0.05, 0.1) is 21.4 Å². The minimum Gasteiger partial charge on any atom is -0.326 e. The Morgan fingerprint density at radius 1 is 0.851 bits per heavy atom. The number of thioether (sulfide) groups is 1. The average molecular weight is 650 g/mol. The van der Waals surface area contributed by atoms with Gasteiger partial charge in [-0.1, -0.05) is 30.3 Å². The molecule has 5 amide bonds. The minimum absolute atomic E-state index is 0.00365. The molecule has 0 saturated carbocycles. The van der Waals surface area contributed by atoms with E-state index < -0.39 is 22.0 Å². The summed E-state index contributed by atoms with van der Waals surface area (Å²) in [6, 6.07) is 27.0. The maximum atomic E-state index is 13.4. The number of hydrogen-bond acceptors (Lipinski definition) is 8. The van der Waals surface area contributed by atoms with Gasteiger partial charge in [0.25, 0.3) is 17.5 Å². The number of imide groups is 1. The number of benzene rings is 4. The van der Waals surface area contributed by atoms with E-state index in [-0.39, 0.29) is 46.7 Å². The quantitative estimate of drug-likeness (QED) is 0.0890. The molecule has 47 heavy (non-hydrogen) atoms. The molecule has 1 unspecified atom stereocenters. The van der Waals surface area contributed by atoms with Gasteiger partial charge in [0.1, 0.15) is 5.70 Å². The van der Waals surface area contributed by atoms with Gasteiger partial charge in [-0.25, -0.2) is 4.90 Å². The molecule has 13 heteroatoms. The second kappa shape index (κ2) is 14.3. The number of nitro benzene ring substituents is 1. The first-order valence-corrected chi connectivity index (χ1v) is 15.1. The molecule has 3 N–H and O–H groups in total. The highest BCUT2D eigenvalue weighted by atomic mass is 32.2. The predicted molar refractivity (Wildman–Crippen MR) is 178 cm³/mol. The third-order valence-corrected chi connectivity index (χ3v) is 8.10. The minimum atomic E-state index is -0.718.